The minimum atomic E-state index is -3.57. The lowest BCUT2D eigenvalue weighted by Gasteiger charge is -2.25. The van der Waals surface area contributed by atoms with Crippen molar-refractivity contribution >= 4 is 21.7 Å². The number of hydrogen-bond acceptors (Lipinski definition) is 4. The van der Waals surface area contributed by atoms with Gasteiger partial charge in [0.1, 0.15) is 0 Å². The molecule has 0 bridgehead atoms. The van der Waals surface area contributed by atoms with E-state index in [1.807, 2.05) is 31.2 Å². The predicted molar refractivity (Wildman–Crippen MR) is 73.6 cm³/mol. The fourth-order valence-corrected chi connectivity index (χ4v) is 2.21. The van der Waals surface area contributed by atoms with Gasteiger partial charge in [0.15, 0.2) is 0 Å². The largest absolute Gasteiger partial charge is 0.481 e. The monoisotopic (exact) mass is 286 g/mol. The Labute approximate surface area is 112 Å². The first-order valence-electron chi connectivity index (χ1n) is 5.82. The van der Waals surface area contributed by atoms with Crippen LogP contribution < -0.4 is 10.0 Å². The highest BCUT2D eigenvalue weighted by Gasteiger charge is 2.13. The number of hydrogen-bond donors (Lipinski definition) is 2. The molecule has 0 amide bonds. The van der Waals surface area contributed by atoms with Crippen molar-refractivity contribution in [3.8, 4) is 0 Å². The third-order valence-electron chi connectivity index (χ3n) is 2.70. The van der Waals surface area contributed by atoms with Crippen molar-refractivity contribution in [2.75, 3.05) is 23.7 Å². The number of rotatable bonds is 7. The smallest absolute Gasteiger partial charge is 0.305 e. The van der Waals surface area contributed by atoms with Gasteiger partial charge in [0.05, 0.1) is 12.2 Å². The summed E-state index contributed by atoms with van der Waals surface area (Å²) in [5, 5.41) is 13.7. The van der Waals surface area contributed by atoms with Crippen LogP contribution in [0.2, 0.25) is 0 Å². The van der Waals surface area contributed by atoms with Crippen molar-refractivity contribution < 1.29 is 18.3 Å². The van der Waals surface area contributed by atoms with Gasteiger partial charge in [0, 0.05) is 18.8 Å². The third kappa shape index (κ3) is 5.71. The minimum absolute atomic E-state index is 0.0566. The third-order valence-corrected chi connectivity index (χ3v) is 3.45. The van der Waals surface area contributed by atoms with Crippen molar-refractivity contribution in [2.45, 2.75) is 13.3 Å². The van der Waals surface area contributed by atoms with Crippen molar-refractivity contribution in [3.63, 3.8) is 0 Å². The molecular weight excluding hydrogens is 268 g/mol. The van der Waals surface area contributed by atoms with E-state index in [-0.39, 0.29) is 25.3 Å². The molecule has 6 nitrogen and oxygen atoms in total. The Morgan fingerprint density at radius 1 is 1.32 bits per heavy atom. The molecule has 0 aliphatic heterocycles. The second-order valence-electron chi connectivity index (χ2n) is 4.28. The zero-order valence-electron chi connectivity index (χ0n) is 10.7. The lowest BCUT2D eigenvalue weighted by molar-refractivity contribution is -0.136. The summed E-state index contributed by atoms with van der Waals surface area (Å²) in [6.07, 6.45) is -0.0566. The fraction of sp³-hybridized carbons (Fsp3) is 0.417. The van der Waals surface area contributed by atoms with E-state index in [0.717, 1.165) is 11.3 Å². The molecule has 0 saturated carbocycles. The van der Waals surface area contributed by atoms with Crippen LogP contribution in [0.15, 0.2) is 24.3 Å². The number of carbonyl (C=O) groups is 1. The number of carboxylic acid groups (broad SMARTS) is 1. The van der Waals surface area contributed by atoms with Gasteiger partial charge in [-0.3, -0.25) is 4.79 Å². The van der Waals surface area contributed by atoms with E-state index in [4.69, 9.17) is 10.2 Å². The molecule has 0 atom stereocenters. The summed E-state index contributed by atoms with van der Waals surface area (Å²) in [4.78, 5) is 12.4. The minimum Gasteiger partial charge on any atom is -0.481 e. The molecule has 1 aromatic rings. The molecular formula is C12H18N2O4S. The number of primary sulfonamides is 1. The Hall–Kier alpha value is -1.60. The Kier molecular flexibility index (Phi) is 5.31. The standard InChI is InChI=1S/C12H18N2O4S/c1-10-4-2-3-5-11(10)14(7-6-12(15)16)8-9-19(13,17)18/h2-5H,6-9H2,1H3,(H,15,16)(H2,13,17,18). The molecule has 1 rings (SSSR count). The first kappa shape index (κ1) is 15.5. The van der Waals surface area contributed by atoms with Crippen LogP contribution in [0.1, 0.15) is 12.0 Å². The van der Waals surface area contributed by atoms with Crippen LogP contribution in [0.3, 0.4) is 0 Å². The van der Waals surface area contributed by atoms with Crippen LogP contribution in [-0.2, 0) is 14.8 Å². The molecule has 1 aromatic carbocycles. The van der Waals surface area contributed by atoms with Crippen molar-refractivity contribution in [1.29, 1.82) is 0 Å². The lowest BCUT2D eigenvalue weighted by atomic mass is 10.1. The molecule has 0 unspecified atom stereocenters. The van der Waals surface area contributed by atoms with Crippen LogP contribution >= 0.6 is 0 Å². The highest BCUT2D eigenvalue weighted by atomic mass is 32.2. The van der Waals surface area contributed by atoms with E-state index < -0.39 is 16.0 Å². The van der Waals surface area contributed by atoms with E-state index >= 15 is 0 Å². The maximum atomic E-state index is 11.0. The van der Waals surface area contributed by atoms with Crippen molar-refractivity contribution in [1.82, 2.24) is 0 Å². The van der Waals surface area contributed by atoms with Gasteiger partial charge in [-0.05, 0) is 18.6 Å². The Morgan fingerprint density at radius 2 is 1.95 bits per heavy atom. The van der Waals surface area contributed by atoms with Gasteiger partial charge >= 0.3 is 5.97 Å². The summed E-state index contributed by atoms with van der Waals surface area (Å²) < 4.78 is 22.0. The first-order chi connectivity index (χ1) is 8.79. The van der Waals surface area contributed by atoms with Gasteiger partial charge in [-0.2, -0.15) is 0 Å². The van der Waals surface area contributed by atoms with Crippen molar-refractivity contribution in [3.05, 3.63) is 29.8 Å². The Balaban J connectivity index is 2.85. The molecule has 0 aliphatic rings. The van der Waals surface area contributed by atoms with Crippen LogP contribution in [-0.4, -0.2) is 38.3 Å². The summed E-state index contributed by atoms with van der Waals surface area (Å²) >= 11 is 0. The number of carboxylic acids is 1. The van der Waals surface area contributed by atoms with Crippen LogP contribution in [0.25, 0.3) is 0 Å². The number of aryl methyl sites for hydroxylation is 1. The summed E-state index contributed by atoms with van der Waals surface area (Å²) in [5.74, 6) is -1.13. The molecule has 7 heteroatoms. The van der Waals surface area contributed by atoms with E-state index in [1.165, 1.54) is 0 Å². The highest BCUT2D eigenvalue weighted by Crippen LogP contribution is 2.19. The quantitative estimate of drug-likeness (QED) is 0.763. The van der Waals surface area contributed by atoms with E-state index in [9.17, 15) is 13.2 Å². The molecule has 0 saturated heterocycles. The fourth-order valence-electron chi connectivity index (χ4n) is 1.74. The average Bonchev–Trinajstić information content (AvgIpc) is 2.29. The maximum absolute atomic E-state index is 11.0. The maximum Gasteiger partial charge on any atom is 0.305 e. The van der Waals surface area contributed by atoms with Crippen molar-refractivity contribution in [2.24, 2.45) is 5.14 Å². The second-order valence-corrected chi connectivity index (χ2v) is 6.02. The molecule has 0 heterocycles. The zero-order valence-corrected chi connectivity index (χ0v) is 11.6. The highest BCUT2D eigenvalue weighted by molar-refractivity contribution is 7.89. The molecule has 0 spiro atoms. The summed E-state index contributed by atoms with van der Waals surface area (Å²) in [6, 6.07) is 7.42. The number of nitrogens with two attached hydrogens (primary N) is 1. The van der Waals surface area contributed by atoms with Crippen LogP contribution in [0, 0.1) is 6.92 Å². The Bertz CT molecular complexity index is 542. The lowest BCUT2D eigenvalue weighted by Crippen LogP contribution is -2.33. The second kappa shape index (κ2) is 6.53. The molecule has 0 aromatic heterocycles. The van der Waals surface area contributed by atoms with Crippen LogP contribution in [0.4, 0.5) is 5.69 Å². The van der Waals surface area contributed by atoms with Gasteiger partial charge in [0.2, 0.25) is 10.0 Å². The number of nitrogens with zero attached hydrogens (tertiary/aromatic N) is 1. The molecule has 0 fully saturated rings. The first-order valence-corrected chi connectivity index (χ1v) is 7.54. The number of benzene rings is 1. The summed E-state index contributed by atoms with van der Waals surface area (Å²) in [7, 11) is -3.57. The normalized spacial score (nSPS) is 11.3. The average molecular weight is 286 g/mol. The number of para-hydroxylation sites is 1. The summed E-state index contributed by atoms with van der Waals surface area (Å²) in [5.41, 5.74) is 1.79. The van der Waals surface area contributed by atoms with Gasteiger partial charge in [-0.1, -0.05) is 18.2 Å². The summed E-state index contributed by atoms with van der Waals surface area (Å²) in [6.45, 7) is 2.31. The van der Waals surface area contributed by atoms with E-state index in [2.05, 4.69) is 0 Å². The van der Waals surface area contributed by atoms with Gasteiger partial charge in [-0.15, -0.1) is 0 Å². The van der Waals surface area contributed by atoms with E-state index in [0.29, 0.717) is 0 Å². The van der Waals surface area contributed by atoms with Gasteiger partial charge in [-0.25, -0.2) is 13.6 Å². The number of sulfonamides is 1. The van der Waals surface area contributed by atoms with Gasteiger partial charge < -0.3 is 10.0 Å². The number of anilines is 1. The number of aliphatic carboxylic acids is 1. The topological polar surface area (TPSA) is 101 Å². The zero-order chi connectivity index (χ0) is 14.5. The molecule has 106 valence electrons. The predicted octanol–water partition coefficient (Wildman–Crippen LogP) is 0.565. The molecule has 3 N–H and O–H groups in total. The SMILES string of the molecule is Cc1ccccc1N(CCC(=O)O)CCS(N)(=O)=O. The molecule has 0 aliphatic carbocycles. The van der Waals surface area contributed by atoms with Gasteiger partial charge in [0.25, 0.3) is 0 Å². The molecule has 0 radical (unpaired) electrons. The molecule has 19 heavy (non-hydrogen) atoms. The Morgan fingerprint density at radius 3 is 2.47 bits per heavy atom. The van der Waals surface area contributed by atoms with Crippen LogP contribution in [0.5, 0.6) is 0 Å². The van der Waals surface area contributed by atoms with E-state index in [1.54, 1.807) is 4.90 Å².